The summed E-state index contributed by atoms with van der Waals surface area (Å²) < 4.78 is 7.65. The molecule has 0 bridgehead atoms. The molecule has 0 saturated carbocycles. The summed E-state index contributed by atoms with van der Waals surface area (Å²) in [5.41, 5.74) is 3.81. The van der Waals surface area contributed by atoms with Crippen LogP contribution < -0.4 is 0 Å². The van der Waals surface area contributed by atoms with Gasteiger partial charge >= 0.3 is 0 Å². The minimum absolute atomic E-state index is 0.695. The van der Waals surface area contributed by atoms with Gasteiger partial charge in [0.05, 0.1) is 6.61 Å². The quantitative estimate of drug-likeness (QED) is 0.748. The molecular weight excluding hydrogens is 186 g/mol. The lowest BCUT2D eigenvalue weighted by Gasteiger charge is -2.04. The Hall–Kier alpha value is -1.28. The van der Waals surface area contributed by atoms with Gasteiger partial charge in [0.1, 0.15) is 0 Å². The third kappa shape index (κ3) is 1.90. The van der Waals surface area contributed by atoms with Crippen LogP contribution in [0.5, 0.6) is 0 Å². The third-order valence-electron chi connectivity index (χ3n) is 2.75. The third-order valence-corrected chi connectivity index (χ3v) is 2.75. The van der Waals surface area contributed by atoms with E-state index in [4.69, 9.17) is 4.74 Å². The van der Waals surface area contributed by atoms with Crippen molar-refractivity contribution in [3.05, 3.63) is 35.5 Å². The zero-order valence-electron chi connectivity index (χ0n) is 9.58. The number of aromatic nitrogens is 1. The highest BCUT2D eigenvalue weighted by molar-refractivity contribution is 5.81. The van der Waals surface area contributed by atoms with Gasteiger partial charge in [0.2, 0.25) is 0 Å². The van der Waals surface area contributed by atoms with Crippen molar-refractivity contribution in [3.8, 4) is 0 Å². The lowest BCUT2D eigenvalue weighted by atomic mass is 10.2. The zero-order chi connectivity index (χ0) is 10.8. The Morgan fingerprint density at radius 2 is 2.07 bits per heavy atom. The second-order valence-electron chi connectivity index (χ2n) is 3.89. The first kappa shape index (κ1) is 10.2. The summed E-state index contributed by atoms with van der Waals surface area (Å²) in [5.74, 6) is 0. The summed E-state index contributed by atoms with van der Waals surface area (Å²) in [7, 11) is 2.09. The van der Waals surface area contributed by atoms with Crippen molar-refractivity contribution in [2.24, 2.45) is 7.05 Å². The van der Waals surface area contributed by atoms with Crippen LogP contribution in [-0.2, 0) is 18.4 Å². The van der Waals surface area contributed by atoms with Gasteiger partial charge in [-0.05, 0) is 36.9 Å². The molecule has 0 radical (unpaired) electrons. The van der Waals surface area contributed by atoms with E-state index in [1.807, 2.05) is 6.92 Å². The summed E-state index contributed by atoms with van der Waals surface area (Å²) >= 11 is 0. The molecule has 0 spiro atoms. The highest BCUT2D eigenvalue weighted by Crippen LogP contribution is 2.20. The van der Waals surface area contributed by atoms with E-state index in [-0.39, 0.29) is 0 Å². The van der Waals surface area contributed by atoms with Crippen LogP contribution in [0.25, 0.3) is 10.9 Å². The number of benzene rings is 1. The fourth-order valence-corrected chi connectivity index (χ4v) is 1.84. The van der Waals surface area contributed by atoms with E-state index in [2.05, 4.69) is 42.8 Å². The Morgan fingerprint density at radius 3 is 2.80 bits per heavy atom. The first-order chi connectivity index (χ1) is 7.22. The molecule has 2 rings (SSSR count). The summed E-state index contributed by atoms with van der Waals surface area (Å²) in [4.78, 5) is 0. The number of hydrogen-bond donors (Lipinski definition) is 0. The number of aryl methyl sites for hydroxylation is 2. The van der Waals surface area contributed by atoms with Crippen LogP contribution in [0, 0.1) is 6.92 Å². The van der Waals surface area contributed by atoms with E-state index in [9.17, 15) is 0 Å². The normalized spacial score (nSPS) is 11.1. The van der Waals surface area contributed by atoms with Gasteiger partial charge < -0.3 is 9.30 Å². The summed E-state index contributed by atoms with van der Waals surface area (Å²) in [6.45, 7) is 5.60. The predicted octanol–water partition coefficient (Wildman–Crippen LogP) is 3.02. The van der Waals surface area contributed by atoms with Crippen LogP contribution >= 0.6 is 0 Å². The molecule has 0 aliphatic rings. The zero-order valence-corrected chi connectivity index (χ0v) is 9.58. The summed E-state index contributed by atoms with van der Waals surface area (Å²) in [5, 5.41) is 1.29. The number of nitrogens with zero attached hydrogens (tertiary/aromatic N) is 1. The molecule has 2 nitrogen and oxygen atoms in total. The highest BCUT2D eigenvalue weighted by atomic mass is 16.5. The molecular formula is C13H17NO. The fraction of sp³-hybridized carbons (Fsp3) is 0.385. The van der Waals surface area contributed by atoms with E-state index in [0.717, 1.165) is 6.61 Å². The van der Waals surface area contributed by atoms with E-state index in [0.29, 0.717) is 6.61 Å². The van der Waals surface area contributed by atoms with E-state index in [1.54, 1.807) is 0 Å². The van der Waals surface area contributed by atoms with Gasteiger partial charge in [-0.15, -0.1) is 0 Å². The van der Waals surface area contributed by atoms with Gasteiger partial charge in [0.25, 0.3) is 0 Å². The van der Waals surface area contributed by atoms with Crippen molar-refractivity contribution in [3.63, 3.8) is 0 Å². The molecule has 0 fully saturated rings. The van der Waals surface area contributed by atoms with Gasteiger partial charge in [-0.3, -0.25) is 0 Å². The maximum atomic E-state index is 5.44. The average Bonchev–Trinajstić information content (AvgIpc) is 2.53. The topological polar surface area (TPSA) is 14.2 Å². The second-order valence-corrected chi connectivity index (χ2v) is 3.89. The Bertz CT molecular complexity index is 471. The Balaban J connectivity index is 2.45. The van der Waals surface area contributed by atoms with Gasteiger partial charge in [0, 0.05) is 24.9 Å². The predicted molar refractivity (Wildman–Crippen MR) is 63.0 cm³/mol. The summed E-state index contributed by atoms with van der Waals surface area (Å²) in [6, 6.07) is 8.72. The SMILES string of the molecule is CCOCc1cc2ccc(C)cc2n1C. The van der Waals surface area contributed by atoms with Crippen molar-refractivity contribution in [1.82, 2.24) is 4.57 Å². The maximum Gasteiger partial charge on any atom is 0.0867 e. The monoisotopic (exact) mass is 203 g/mol. The molecule has 0 atom stereocenters. The average molecular weight is 203 g/mol. The number of fused-ring (bicyclic) bond motifs is 1. The molecule has 0 N–H and O–H groups in total. The molecule has 0 aliphatic heterocycles. The molecule has 1 aromatic heterocycles. The van der Waals surface area contributed by atoms with Gasteiger partial charge in [-0.25, -0.2) is 0 Å². The van der Waals surface area contributed by atoms with Crippen LogP contribution in [0.4, 0.5) is 0 Å². The molecule has 0 unspecified atom stereocenters. The Kier molecular flexibility index (Phi) is 2.78. The van der Waals surface area contributed by atoms with Crippen LogP contribution in [0.15, 0.2) is 24.3 Å². The van der Waals surface area contributed by atoms with Crippen molar-refractivity contribution < 1.29 is 4.74 Å². The Morgan fingerprint density at radius 1 is 1.27 bits per heavy atom. The number of ether oxygens (including phenoxy) is 1. The van der Waals surface area contributed by atoms with E-state index >= 15 is 0 Å². The van der Waals surface area contributed by atoms with E-state index in [1.165, 1.54) is 22.2 Å². The maximum absolute atomic E-state index is 5.44. The lowest BCUT2D eigenvalue weighted by Crippen LogP contribution is -1.99. The van der Waals surface area contributed by atoms with Gasteiger partial charge in [0.15, 0.2) is 0 Å². The van der Waals surface area contributed by atoms with Gasteiger partial charge in [-0.2, -0.15) is 0 Å². The number of hydrogen-bond acceptors (Lipinski definition) is 1. The number of rotatable bonds is 3. The molecule has 0 saturated heterocycles. The molecule has 15 heavy (non-hydrogen) atoms. The van der Waals surface area contributed by atoms with Crippen LogP contribution in [0.3, 0.4) is 0 Å². The molecule has 0 amide bonds. The van der Waals surface area contributed by atoms with E-state index < -0.39 is 0 Å². The lowest BCUT2D eigenvalue weighted by molar-refractivity contribution is 0.129. The molecule has 2 aromatic rings. The Labute approximate surface area is 90.5 Å². The van der Waals surface area contributed by atoms with Crippen LogP contribution in [0.2, 0.25) is 0 Å². The van der Waals surface area contributed by atoms with Crippen molar-refractivity contribution in [2.45, 2.75) is 20.5 Å². The van der Waals surface area contributed by atoms with Crippen molar-refractivity contribution >= 4 is 10.9 Å². The van der Waals surface area contributed by atoms with Crippen LogP contribution in [0.1, 0.15) is 18.2 Å². The highest BCUT2D eigenvalue weighted by Gasteiger charge is 2.05. The second kappa shape index (κ2) is 4.07. The standard InChI is InChI=1S/C13H17NO/c1-4-15-9-12-8-11-6-5-10(2)7-13(11)14(12)3/h5-8H,4,9H2,1-3H3. The molecule has 1 aromatic carbocycles. The fourth-order valence-electron chi connectivity index (χ4n) is 1.84. The molecule has 2 heteroatoms. The molecule has 80 valence electrons. The van der Waals surface area contributed by atoms with Crippen LogP contribution in [-0.4, -0.2) is 11.2 Å². The minimum Gasteiger partial charge on any atom is -0.376 e. The van der Waals surface area contributed by atoms with Crippen molar-refractivity contribution in [2.75, 3.05) is 6.61 Å². The largest absolute Gasteiger partial charge is 0.376 e. The summed E-state index contributed by atoms with van der Waals surface area (Å²) in [6.07, 6.45) is 0. The first-order valence-corrected chi connectivity index (χ1v) is 5.35. The van der Waals surface area contributed by atoms with Gasteiger partial charge in [-0.1, -0.05) is 12.1 Å². The minimum atomic E-state index is 0.695. The first-order valence-electron chi connectivity index (χ1n) is 5.35. The van der Waals surface area contributed by atoms with Crippen molar-refractivity contribution in [1.29, 1.82) is 0 Å². The smallest absolute Gasteiger partial charge is 0.0867 e. The molecule has 1 heterocycles. The molecule has 0 aliphatic carbocycles.